The average Bonchev–Trinajstić information content (AvgIpc) is 4.04. The molecular weight excluding hydrogens is 1020 g/mol. The van der Waals surface area contributed by atoms with Gasteiger partial charge in [0.25, 0.3) is 5.91 Å². The quantitative estimate of drug-likeness (QED) is 0.0374. The van der Waals surface area contributed by atoms with Crippen LogP contribution in [0.4, 0.5) is 8.78 Å². The van der Waals surface area contributed by atoms with Crippen molar-refractivity contribution >= 4 is 72.2 Å². The van der Waals surface area contributed by atoms with E-state index in [0.29, 0.717) is 87.6 Å². The number of aryl methyl sites for hydroxylation is 2. The van der Waals surface area contributed by atoms with E-state index in [0.717, 1.165) is 17.5 Å². The molecule has 6 heterocycles. The summed E-state index contributed by atoms with van der Waals surface area (Å²) in [6.07, 6.45) is 7.43. The molecule has 2 aromatic carbocycles. The fraction of sp³-hybridized carbons (Fsp3) is 0.481. The zero-order valence-corrected chi connectivity index (χ0v) is 48.9. The van der Waals surface area contributed by atoms with Gasteiger partial charge in [-0.2, -0.15) is 10.2 Å². The van der Waals surface area contributed by atoms with Gasteiger partial charge in [0.15, 0.2) is 11.3 Å². The van der Waals surface area contributed by atoms with E-state index in [9.17, 15) is 28.6 Å². The Morgan fingerprint density at radius 1 is 0.701 bits per heavy atom. The van der Waals surface area contributed by atoms with Crippen LogP contribution in [0.1, 0.15) is 75.1 Å². The minimum absolute atomic E-state index is 0.0458. The lowest BCUT2D eigenvalue weighted by Crippen LogP contribution is -2.38. The van der Waals surface area contributed by atoms with Crippen LogP contribution >= 0.6 is 0 Å². The number of nitrogens with two attached hydrogens (primary N) is 1. The summed E-state index contributed by atoms with van der Waals surface area (Å²) in [7, 11) is 0.993. The largest absolute Gasteiger partial charge is 0.478 e. The van der Waals surface area contributed by atoms with Crippen molar-refractivity contribution in [2.75, 3.05) is 13.2 Å². The van der Waals surface area contributed by atoms with Gasteiger partial charge in [-0.15, -0.1) is 0 Å². The van der Waals surface area contributed by atoms with Crippen molar-refractivity contribution in [3.05, 3.63) is 83.9 Å². The number of aromatic nitrogens is 10. The van der Waals surface area contributed by atoms with Crippen LogP contribution in [-0.2, 0) is 37.0 Å². The minimum Gasteiger partial charge on any atom is -0.478 e. The van der Waals surface area contributed by atoms with Crippen LogP contribution in [0.2, 0.25) is 51.4 Å². The maximum Gasteiger partial charge on any atom is 0.339 e. The zero-order chi connectivity index (χ0) is 56.9. The van der Waals surface area contributed by atoms with Crippen LogP contribution in [0.15, 0.2) is 61.2 Å². The topological polar surface area (TPSA) is 248 Å². The molecule has 0 aliphatic carbocycles. The van der Waals surface area contributed by atoms with Gasteiger partial charge < -0.3 is 45.0 Å². The smallest absolute Gasteiger partial charge is 0.339 e. The molecule has 8 aromatic rings. The SMILES string of the molecule is CC(N)CC(C)(C)O.C[C@@H](CC(C)(C)O)NC(=O)c1cn(COCC[Si](C)(C)C)c2ncc(-c3nn(C)c4cc(F)ccc34)nc12.Cn1nc(-c2cnc3c(n2)c(C(=O)O)cn3COCC[Si](C)(C)C)c2ccc(F)cc21. The fourth-order valence-corrected chi connectivity index (χ4v) is 10.2. The molecule has 0 saturated carbocycles. The van der Waals surface area contributed by atoms with Crippen molar-refractivity contribution in [2.24, 2.45) is 19.8 Å². The zero-order valence-electron chi connectivity index (χ0n) is 46.9. The van der Waals surface area contributed by atoms with Gasteiger partial charge in [0, 0.05) is 78.7 Å². The van der Waals surface area contributed by atoms with Gasteiger partial charge in [0.05, 0.1) is 40.2 Å². The molecule has 0 aliphatic rings. The average molecular weight is 1100 g/mol. The first kappa shape index (κ1) is 59.9. The molecule has 1 unspecified atom stereocenters. The monoisotopic (exact) mass is 1100 g/mol. The molecule has 0 fully saturated rings. The van der Waals surface area contributed by atoms with Gasteiger partial charge >= 0.3 is 5.97 Å². The Hall–Kier alpha value is -6.35. The van der Waals surface area contributed by atoms with E-state index in [-0.39, 0.29) is 54.2 Å². The van der Waals surface area contributed by atoms with Gasteiger partial charge in [0.1, 0.15) is 64.5 Å². The third-order valence-electron chi connectivity index (χ3n) is 12.2. The highest BCUT2D eigenvalue weighted by atomic mass is 28.3. The first-order chi connectivity index (χ1) is 35.8. The van der Waals surface area contributed by atoms with Gasteiger partial charge in [-0.05, 0) is 103 Å². The van der Waals surface area contributed by atoms with Crippen molar-refractivity contribution in [1.82, 2.24) is 53.9 Å². The lowest BCUT2D eigenvalue weighted by Gasteiger charge is -2.22. The number of amides is 1. The fourth-order valence-electron chi connectivity index (χ4n) is 8.66. The Kier molecular flexibility index (Phi) is 18.8. The summed E-state index contributed by atoms with van der Waals surface area (Å²) in [6, 6.07) is 10.7. The maximum absolute atomic E-state index is 13.8. The molecule has 0 bridgehead atoms. The number of benzene rings is 2. The predicted octanol–water partition coefficient (Wildman–Crippen LogP) is 9.34. The van der Waals surface area contributed by atoms with Gasteiger partial charge in [-0.1, -0.05) is 39.3 Å². The number of hydrogen-bond acceptors (Lipinski definition) is 13. The first-order valence-corrected chi connectivity index (χ1v) is 33.1. The number of rotatable bonds is 19. The number of hydrogen-bond donors (Lipinski definition) is 5. The second-order valence-corrected chi connectivity index (χ2v) is 34.8. The Balaban J connectivity index is 0.000000222. The predicted molar refractivity (Wildman–Crippen MR) is 302 cm³/mol. The van der Waals surface area contributed by atoms with Crippen molar-refractivity contribution in [3.63, 3.8) is 0 Å². The molecule has 8 rings (SSSR count). The Bertz CT molecular complexity index is 3360. The molecule has 19 nitrogen and oxygen atoms in total. The molecule has 77 heavy (non-hydrogen) atoms. The molecular formula is C54H76F2N12O7Si2. The third-order valence-corrected chi connectivity index (χ3v) is 15.6. The van der Waals surface area contributed by atoms with Gasteiger partial charge in [0.2, 0.25) is 0 Å². The molecule has 23 heteroatoms. The summed E-state index contributed by atoms with van der Waals surface area (Å²) in [6.45, 7) is 26.1. The molecule has 0 saturated heterocycles. The molecule has 416 valence electrons. The molecule has 1 amide bonds. The van der Waals surface area contributed by atoms with Crippen molar-refractivity contribution in [3.8, 4) is 22.8 Å². The number of nitrogens with one attached hydrogen (secondary N) is 1. The number of fused-ring (bicyclic) bond motifs is 4. The van der Waals surface area contributed by atoms with Crippen LogP contribution in [0, 0.1) is 11.6 Å². The van der Waals surface area contributed by atoms with Crippen molar-refractivity contribution in [1.29, 1.82) is 0 Å². The van der Waals surface area contributed by atoms with Crippen LogP contribution in [0.5, 0.6) is 0 Å². The second-order valence-electron chi connectivity index (χ2n) is 23.5. The molecule has 6 aromatic heterocycles. The van der Waals surface area contributed by atoms with E-state index in [2.05, 4.69) is 69.7 Å². The highest BCUT2D eigenvalue weighted by Crippen LogP contribution is 2.31. The van der Waals surface area contributed by atoms with Crippen LogP contribution in [0.3, 0.4) is 0 Å². The van der Waals surface area contributed by atoms with E-state index >= 15 is 0 Å². The lowest BCUT2D eigenvalue weighted by molar-refractivity contribution is 0.0591. The normalized spacial score (nSPS) is 13.2. The highest BCUT2D eigenvalue weighted by molar-refractivity contribution is 6.76. The number of ether oxygens (including phenoxy) is 2. The Morgan fingerprint density at radius 2 is 1.12 bits per heavy atom. The summed E-state index contributed by atoms with van der Waals surface area (Å²) in [4.78, 5) is 43.7. The highest BCUT2D eigenvalue weighted by Gasteiger charge is 2.26. The molecule has 0 spiro atoms. The lowest BCUT2D eigenvalue weighted by atomic mass is 10.00. The molecule has 6 N–H and O–H groups in total. The van der Waals surface area contributed by atoms with Crippen LogP contribution in [0.25, 0.3) is 66.9 Å². The maximum atomic E-state index is 13.8. The number of carboxylic acid groups (broad SMARTS) is 1. The summed E-state index contributed by atoms with van der Waals surface area (Å²) < 4.78 is 45.8. The summed E-state index contributed by atoms with van der Waals surface area (Å²) in [5, 5.41) is 42.4. The number of carbonyl (C=O) groups is 2. The minimum atomic E-state index is -1.25. The number of aliphatic hydroxyl groups is 2. The van der Waals surface area contributed by atoms with Crippen LogP contribution < -0.4 is 11.1 Å². The molecule has 0 aliphatic heterocycles. The number of halogens is 2. The summed E-state index contributed by atoms with van der Waals surface area (Å²) in [5.41, 5.74) is 9.15. The summed E-state index contributed by atoms with van der Waals surface area (Å²) in [5.74, 6) is -2.11. The Labute approximate surface area is 449 Å². The van der Waals surface area contributed by atoms with E-state index in [1.54, 1.807) is 91.0 Å². The van der Waals surface area contributed by atoms with Gasteiger partial charge in [-0.3, -0.25) is 14.2 Å². The van der Waals surface area contributed by atoms with Crippen LogP contribution in [-0.4, -0.2) is 128 Å². The number of carbonyl (C=O) groups excluding carboxylic acids is 1. The summed E-state index contributed by atoms with van der Waals surface area (Å²) >= 11 is 0. The second kappa shape index (κ2) is 24.1. The Morgan fingerprint density at radius 3 is 1.49 bits per heavy atom. The number of carboxylic acids is 1. The van der Waals surface area contributed by atoms with E-state index in [1.807, 2.05) is 13.8 Å². The standard InChI is InChI=1S/C27H37FN6O3Si.C21H24FN5O3Si.C6H15NO/c1-17(13-27(2,3)36)30-26(35)20-15-34(16-37-10-11-38(5,6)7)25-24(20)31-21(14-29-25)23-19-9-8-18(28)12-22(19)33(4)32-23;1-26-17-9-13(22)5-6-14(17)18(25-26)16-10-23-20-19(24-16)15(21(28)29)11-27(20)12-30-7-8-31(2,3)4;1-5(7)4-6(2,3)8/h8-9,12,14-15,17,36H,10-11,13,16H2,1-7H3,(H,30,35);5-6,9-11H,7-8,12H2,1-4H3,(H,28,29);5,8H,4,7H2,1-3H3/t17-;;/m0../s1. The molecule has 0 radical (unpaired) electrons. The third kappa shape index (κ3) is 16.3. The van der Waals surface area contributed by atoms with E-state index < -0.39 is 33.3 Å². The molecule has 2 atom stereocenters. The first-order valence-electron chi connectivity index (χ1n) is 25.6. The number of nitrogens with zero attached hydrogens (tertiary/aromatic N) is 10. The van der Waals surface area contributed by atoms with Crippen molar-refractivity contribution < 1.29 is 43.2 Å². The number of aromatic carboxylic acids is 1. The van der Waals surface area contributed by atoms with E-state index in [1.165, 1.54) is 30.5 Å². The van der Waals surface area contributed by atoms with E-state index in [4.69, 9.17) is 25.3 Å². The van der Waals surface area contributed by atoms with Gasteiger partial charge in [-0.25, -0.2) is 33.5 Å². The van der Waals surface area contributed by atoms with Crippen molar-refractivity contribution in [2.45, 2.75) is 143 Å².